The Labute approximate surface area is 266 Å². The number of ether oxygens (including phenoxy) is 2. The van der Waals surface area contributed by atoms with Crippen molar-refractivity contribution in [1.82, 2.24) is 14.5 Å². The van der Waals surface area contributed by atoms with Crippen molar-refractivity contribution in [1.29, 1.82) is 0 Å². The monoisotopic (exact) mass is 593 g/mol. The third-order valence-corrected chi connectivity index (χ3v) is 8.76. The van der Waals surface area contributed by atoms with E-state index in [0.29, 0.717) is 0 Å². The summed E-state index contributed by atoms with van der Waals surface area (Å²) in [7, 11) is 0. The molecule has 0 fully saturated rings. The van der Waals surface area contributed by atoms with Gasteiger partial charge in [0, 0.05) is 63.5 Å². The zero-order valence-electron chi connectivity index (χ0n) is 24.8. The maximum absolute atomic E-state index is 6.24. The van der Waals surface area contributed by atoms with Crippen LogP contribution in [-0.4, -0.2) is 21.3 Å². The lowest BCUT2D eigenvalue weighted by atomic mass is 9.93. The molecule has 46 heavy (non-hydrogen) atoms. The molecule has 0 saturated heterocycles. The van der Waals surface area contributed by atoms with E-state index < -0.39 is 0 Å². The van der Waals surface area contributed by atoms with E-state index >= 15 is 0 Å². The SMILES string of the molecule is c1cncc(-c2cc(-c3cccnc3)cc(-c3ccc4c(c3)OCOc3ccc(-n5c6ccccc6c6ccccc65)cc3-4)c2)c1. The van der Waals surface area contributed by atoms with E-state index in [1.807, 2.05) is 24.5 Å². The van der Waals surface area contributed by atoms with Gasteiger partial charge in [-0.2, -0.15) is 0 Å². The number of pyridine rings is 2. The number of hydrogen-bond acceptors (Lipinski definition) is 4. The maximum atomic E-state index is 6.24. The van der Waals surface area contributed by atoms with E-state index in [1.165, 1.54) is 21.8 Å². The van der Waals surface area contributed by atoms with Gasteiger partial charge in [0.1, 0.15) is 11.5 Å². The summed E-state index contributed by atoms with van der Waals surface area (Å²) in [6.45, 7) is 0.134. The lowest BCUT2D eigenvalue weighted by Crippen LogP contribution is -2.03. The van der Waals surface area contributed by atoms with Crippen LogP contribution in [0.25, 0.3) is 72.0 Å². The summed E-state index contributed by atoms with van der Waals surface area (Å²) < 4.78 is 14.7. The molecule has 1 aliphatic rings. The maximum Gasteiger partial charge on any atom is 0.230 e. The van der Waals surface area contributed by atoms with Gasteiger partial charge < -0.3 is 14.0 Å². The van der Waals surface area contributed by atoms with Crippen molar-refractivity contribution in [2.24, 2.45) is 0 Å². The Balaban J connectivity index is 1.18. The Morgan fingerprint density at radius 2 is 1.07 bits per heavy atom. The van der Waals surface area contributed by atoms with Crippen LogP contribution < -0.4 is 9.47 Å². The van der Waals surface area contributed by atoms with E-state index in [1.54, 1.807) is 12.4 Å². The number of aromatic nitrogens is 3. The van der Waals surface area contributed by atoms with Gasteiger partial charge >= 0.3 is 0 Å². The van der Waals surface area contributed by atoms with Gasteiger partial charge in [-0.3, -0.25) is 9.97 Å². The smallest absolute Gasteiger partial charge is 0.230 e. The second-order valence-electron chi connectivity index (χ2n) is 11.5. The van der Waals surface area contributed by atoms with Gasteiger partial charge in [0.2, 0.25) is 6.79 Å². The molecule has 9 rings (SSSR count). The molecular formula is C41H27N3O2. The summed E-state index contributed by atoms with van der Waals surface area (Å²) in [5.41, 5.74) is 11.8. The fourth-order valence-corrected chi connectivity index (χ4v) is 6.59. The van der Waals surface area contributed by atoms with Gasteiger partial charge in [0.05, 0.1) is 11.0 Å². The zero-order chi connectivity index (χ0) is 30.5. The number of hydrogen-bond donors (Lipinski definition) is 0. The van der Waals surface area contributed by atoms with Crippen molar-refractivity contribution in [3.8, 4) is 61.7 Å². The zero-order valence-corrected chi connectivity index (χ0v) is 24.8. The summed E-state index contributed by atoms with van der Waals surface area (Å²) in [6.07, 6.45) is 7.39. The quantitative estimate of drug-likeness (QED) is 0.204. The standard InChI is InChI=1S/C41H27N3O2/c1-3-11-38-34(9-1)35-10-2-4-12-39(35)44(38)33-14-16-40-37(23-33)36-15-13-27(22-41(36)46-26-45-40)30-19-31(28-7-5-17-42-24-28)21-32(20-30)29-8-6-18-43-25-29/h1-25H,26H2. The second kappa shape index (κ2) is 10.8. The van der Waals surface area contributed by atoms with Crippen LogP contribution in [0.5, 0.6) is 11.5 Å². The molecule has 4 heterocycles. The van der Waals surface area contributed by atoms with E-state index in [4.69, 9.17) is 9.47 Å². The molecule has 0 saturated carbocycles. The van der Waals surface area contributed by atoms with Gasteiger partial charge in [-0.25, -0.2) is 0 Å². The Bertz CT molecular complexity index is 2290. The third-order valence-electron chi connectivity index (χ3n) is 8.76. The molecule has 5 aromatic carbocycles. The fourth-order valence-electron chi connectivity index (χ4n) is 6.59. The fraction of sp³-hybridized carbons (Fsp3) is 0.0244. The number of benzene rings is 5. The van der Waals surface area contributed by atoms with Crippen molar-refractivity contribution >= 4 is 21.8 Å². The molecule has 0 radical (unpaired) electrons. The first-order valence-corrected chi connectivity index (χ1v) is 15.3. The number of nitrogens with zero attached hydrogens (tertiary/aromatic N) is 3. The van der Waals surface area contributed by atoms with Crippen LogP contribution in [0.1, 0.15) is 0 Å². The molecule has 3 aromatic heterocycles. The molecule has 0 atom stereocenters. The average molecular weight is 594 g/mol. The normalized spacial score (nSPS) is 12.2. The highest BCUT2D eigenvalue weighted by atomic mass is 16.7. The molecule has 8 aromatic rings. The lowest BCUT2D eigenvalue weighted by molar-refractivity contribution is 0.125. The van der Waals surface area contributed by atoms with E-state index in [0.717, 1.165) is 61.7 Å². The van der Waals surface area contributed by atoms with Crippen molar-refractivity contribution in [2.75, 3.05) is 6.79 Å². The summed E-state index contributed by atoms with van der Waals surface area (Å²) in [4.78, 5) is 8.73. The molecule has 0 bridgehead atoms. The number of rotatable bonds is 4. The highest BCUT2D eigenvalue weighted by Crippen LogP contribution is 2.44. The predicted octanol–water partition coefficient (Wildman–Crippen LogP) is 9.97. The second-order valence-corrected chi connectivity index (χ2v) is 11.5. The van der Waals surface area contributed by atoms with Crippen LogP contribution in [0, 0.1) is 0 Å². The van der Waals surface area contributed by atoms with Gasteiger partial charge in [-0.15, -0.1) is 0 Å². The average Bonchev–Trinajstić information content (AvgIpc) is 3.35. The Hall–Kier alpha value is -6.20. The van der Waals surface area contributed by atoms with Crippen molar-refractivity contribution in [3.05, 3.63) is 152 Å². The van der Waals surface area contributed by atoms with Gasteiger partial charge in [0.15, 0.2) is 0 Å². The van der Waals surface area contributed by atoms with Gasteiger partial charge in [0.25, 0.3) is 0 Å². The minimum absolute atomic E-state index is 0.134. The van der Waals surface area contributed by atoms with Crippen molar-refractivity contribution in [2.45, 2.75) is 0 Å². The molecule has 5 nitrogen and oxygen atoms in total. The minimum atomic E-state index is 0.134. The first-order valence-electron chi connectivity index (χ1n) is 15.3. The van der Waals surface area contributed by atoms with Crippen molar-refractivity contribution < 1.29 is 9.47 Å². The molecule has 0 aliphatic carbocycles. The molecular weight excluding hydrogens is 566 g/mol. The first-order chi connectivity index (χ1) is 22.8. The predicted molar refractivity (Wildman–Crippen MR) is 184 cm³/mol. The highest BCUT2D eigenvalue weighted by molar-refractivity contribution is 6.09. The largest absolute Gasteiger partial charge is 0.457 e. The molecule has 5 heteroatoms. The molecule has 0 amide bonds. The van der Waals surface area contributed by atoms with E-state index in [9.17, 15) is 0 Å². The van der Waals surface area contributed by atoms with Crippen molar-refractivity contribution in [3.63, 3.8) is 0 Å². The Morgan fingerprint density at radius 1 is 0.457 bits per heavy atom. The Morgan fingerprint density at radius 3 is 1.70 bits per heavy atom. The summed E-state index contributed by atoms with van der Waals surface area (Å²) in [5, 5.41) is 2.47. The van der Waals surface area contributed by atoms with Crippen LogP contribution >= 0.6 is 0 Å². The van der Waals surface area contributed by atoms with Gasteiger partial charge in [-0.05, 0) is 95.1 Å². The first kappa shape index (κ1) is 26.2. The van der Waals surface area contributed by atoms with Crippen LogP contribution in [0.3, 0.4) is 0 Å². The van der Waals surface area contributed by atoms with Crippen LogP contribution in [0.2, 0.25) is 0 Å². The van der Waals surface area contributed by atoms with E-state index in [-0.39, 0.29) is 6.79 Å². The molecule has 1 aliphatic heterocycles. The summed E-state index contributed by atoms with van der Waals surface area (Å²) >= 11 is 0. The van der Waals surface area contributed by atoms with Gasteiger partial charge in [-0.1, -0.05) is 54.6 Å². The summed E-state index contributed by atoms with van der Waals surface area (Å²) in [6, 6.07) is 44.7. The topological polar surface area (TPSA) is 49.2 Å². The molecule has 0 N–H and O–H groups in total. The number of fused-ring (bicyclic) bond motifs is 6. The molecule has 0 spiro atoms. The van der Waals surface area contributed by atoms with Crippen LogP contribution in [0.4, 0.5) is 0 Å². The molecule has 218 valence electrons. The highest BCUT2D eigenvalue weighted by Gasteiger charge is 2.20. The molecule has 0 unspecified atom stereocenters. The number of para-hydroxylation sites is 2. The minimum Gasteiger partial charge on any atom is -0.457 e. The summed E-state index contributed by atoms with van der Waals surface area (Å²) in [5.74, 6) is 1.58. The Kier molecular flexibility index (Phi) is 6.13. The third kappa shape index (κ3) is 4.41. The van der Waals surface area contributed by atoms with Crippen LogP contribution in [-0.2, 0) is 0 Å². The van der Waals surface area contributed by atoms with E-state index in [2.05, 4.69) is 130 Å². The lowest BCUT2D eigenvalue weighted by Gasteiger charge is -2.14. The van der Waals surface area contributed by atoms with Crippen LogP contribution in [0.15, 0.2) is 152 Å².